The van der Waals surface area contributed by atoms with Crippen LogP contribution in [0.3, 0.4) is 0 Å². The van der Waals surface area contributed by atoms with Crippen molar-refractivity contribution >= 4 is 21.6 Å². The lowest BCUT2D eigenvalue weighted by molar-refractivity contribution is -0.116. The van der Waals surface area contributed by atoms with E-state index >= 15 is 0 Å². The average Bonchev–Trinajstić information content (AvgIpc) is 3.15. The number of hydrogen-bond donors (Lipinski definition) is 1. The predicted molar refractivity (Wildman–Crippen MR) is 90.5 cm³/mol. The van der Waals surface area contributed by atoms with E-state index < -0.39 is 10.0 Å². The quantitative estimate of drug-likeness (QED) is 0.860. The van der Waals surface area contributed by atoms with Crippen LogP contribution in [0.15, 0.2) is 27.6 Å². The molecule has 2 heterocycles. The smallest absolute Gasteiger partial charge is 0.240 e. The zero-order valence-corrected chi connectivity index (χ0v) is 15.1. The van der Waals surface area contributed by atoms with E-state index in [9.17, 15) is 13.2 Å². The van der Waals surface area contributed by atoms with Gasteiger partial charge in [-0.05, 0) is 37.1 Å². The lowest BCUT2D eigenvalue weighted by Gasteiger charge is -2.20. The Labute approximate surface area is 146 Å². The lowest BCUT2D eigenvalue weighted by Crippen LogP contribution is -2.33. The molecule has 0 saturated heterocycles. The summed E-state index contributed by atoms with van der Waals surface area (Å²) in [6.45, 7) is 5.28. The van der Waals surface area contributed by atoms with E-state index in [-0.39, 0.29) is 29.2 Å². The number of amides is 1. The Morgan fingerprint density at radius 1 is 1.44 bits per heavy atom. The molecule has 1 N–H and O–H groups in total. The number of aromatic nitrogens is 2. The van der Waals surface area contributed by atoms with Gasteiger partial charge in [0.25, 0.3) is 0 Å². The van der Waals surface area contributed by atoms with Crippen molar-refractivity contribution in [2.45, 2.75) is 51.1 Å². The second-order valence-electron chi connectivity index (χ2n) is 6.02. The first-order valence-electron chi connectivity index (χ1n) is 8.05. The van der Waals surface area contributed by atoms with Crippen LogP contribution >= 0.6 is 0 Å². The van der Waals surface area contributed by atoms with Crippen molar-refractivity contribution in [3.8, 4) is 0 Å². The van der Waals surface area contributed by atoms with Crippen LogP contribution in [-0.2, 0) is 34.2 Å². The van der Waals surface area contributed by atoms with Gasteiger partial charge in [0, 0.05) is 25.1 Å². The molecular weight excluding hydrogens is 344 g/mol. The van der Waals surface area contributed by atoms with Gasteiger partial charge in [-0.15, -0.1) is 0 Å². The standard InChI is InChI=1S/C16H20N4O4S/c1-4-16-18-15(19-24-16)9-17-25(22,23)13-5-6-14-12(8-13)7-10(2)20(14)11(3)21/h5-6,8,10,17H,4,7,9H2,1-3H3/t10-/m0/s1. The minimum atomic E-state index is -3.71. The van der Waals surface area contributed by atoms with Crippen LogP contribution in [0.2, 0.25) is 0 Å². The van der Waals surface area contributed by atoms with Gasteiger partial charge in [0.05, 0.1) is 11.4 Å². The number of rotatable bonds is 5. The SMILES string of the molecule is CCc1nc(CNS(=O)(=O)c2ccc3c(c2)C[C@H](C)N3C(C)=O)no1. The van der Waals surface area contributed by atoms with Crippen molar-refractivity contribution in [3.63, 3.8) is 0 Å². The second kappa shape index (κ2) is 6.57. The fourth-order valence-electron chi connectivity index (χ4n) is 3.00. The number of nitrogens with zero attached hydrogens (tertiary/aromatic N) is 3. The number of carbonyl (C=O) groups excluding carboxylic acids is 1. The van der Waals surface area contributed by atoms with Crippen LogP contribution in [0.25, 0.3) is 0 Å². The van der Waals surface area contributed by atoms with Crippen molar-refractivity contribution in [2.24, 2.45) is 0 Å². The van der Waals surface area contributed by atoms with E-state index in [1.807, 2.05) is 13.8 Å². The Kier molecular flexibility index (Phi) is 4.61. The summed E-state index contributed by atoms with van der Waals surface area (Å²) in [4.78, 5) is 17.7. The summed E-state index contributed by atoms with van der Waals surface area (Å²) in [5, 5.41) is 3.72. The molecule has 8 nitrogen and oxygen atoms in total. The molecule has 2 aromatic rings. The molecule has 0 saturated carbocycles. The maximum atomic E-state index is 12.5. The van der Waals surface area contributed by atoms with Gasteiger partial charge in [0.15, 0.2) is 5.82 Å². The number of nitrogens with one attached hydrogen (secondary N) is 1. The van der Waals surface area contributed by atoms with Crippen LogP contribution < -0.4 is 9.62 Å². The normalized spacial score (nSPS) is 16.9. The number of anilines is 1. The molecule has 0 unspecified atom stereocenters. The Balaban J connectivity index is 1.79. The summed E-state index contributed by atoms with van der Waals surface area (Å²) in [5.41, 5.74) is 1.61. The van der Waals surface area contributed by atoms with E-state index in [0.29, 0.717) is 18.7 Å². The highest BCUT2D eigenvalue weighted by Gasteiger charge is 2.30. The first-order chi connectivity index (χ1) is 11.8. The zero-order chi connectivity index (χ0) is 18.2. The second-order valence-corrected chi connectivity index (χ2v) is 7.78. The lowest BCUT2D eigenvalue weighted by atomic mass is 10.1. The largest absolute Gasteiger partial charge is 0.339 e. The van der Waals surface area contributed by atoms with Crippen LogP contribution in [0.1, 0.15) is 38.0 Å². The molecule has 0 spiro atoms. The molecular formula is C16H20N4O4S. The number of sulfonamides is 1. The van der Waals surface area contributed by atoms with E-state index in [0.717, 1.165) is 11.3 Å². The predicted octanol–water partition coefficient (Wildman–Crippen LogP) is 1.41. The molecule has 1 aliphatic rings. The van der Waals surface area contributed by atoms with Gasteiger partial charge in [-0.2, -0.15) is 4.98 Å². The summed E-state index contributed by atoms with van der Waals surface area (Å²) in [6.07, 6.45) is 1.22. The molecule has 9 heteroatoms. The number of fused-ring (bicyclic) bond motifs is 1. The summed E-state index contributed by atoms with van der Waals surface area (Å²) in [7, 11) is -3.71. The van der Waals surface area contributed by atoms with E-state index in [1.54, 1.807) is 17.0 Å². The minimum absolute atomic E-state index is 0.0187. The molecule has 1 aromatic heterocycles. The molecule has 3 rings (SSSR count). The molecule has 0 bridgehead atoms. The van der Waals surface area contributed by atoms with Gasteiger partial charge in [-0.25, -0.2) is 13.1 Å². The van der Waals surface area contributed by atoms with Crippen molar-refractivity contribution < 1.29 is 17.7 Å². The topological polar surface area (TPSA) is 105 Å². The fourth-order valence-corrected chi connectivity index (χ4v) is 4.03. The van der Waals surface area contributed by atoms with Gasteiger partial charge in [-0.1, -0.05) is 12.1 Å². The Morgan fingerprint density at radius 2 is 2.20 bits per heavy atom. The van der Waals surface area contributed by atoms with Gasteiger partial charge >= 0.3 is 0 Å². The molecule has 1 atom stereocenters. The van der Waals surface area contributed by atoms with Crippen LogP contribution in [0.4, 0.5) is 5.69 Å². The first kappa shape index (κ1) is 17.6. The third kappa shape index (κ3) is 3.42. The number of aryl methyl sites for hydroxylation is 1. The van der Waals surface area contributed by atoms with Crippen molar-refractivity contribution in [2.75, 3.05) is 4.90 Å². The highest BCUT2D eigenvalue weighted by molar-refractivity contribution is 7.89. The Hall–Kier alpha value is -2.26. The van der Waals surface area contributed by atoms with Crippen molar-refractivity contribution in [1.29, 1.82) is 0 Å². The summed E-state index contributed by atoms with van der Waals surface area (Å²) < 4.78 is 32.4. The molecule has 134 valence electrons. The third-order valence-corrected chi connectivity index (χ3v) is 5.55. The fraction of sp³-hybridized carbons (Fsp3) is 0.438. The summed E-state index contributed by atoms with van der Waals surface area (Å²) in [5.74, 6) is 0.701. The number of hydrogen-bond acceptors (Lipinski definition) is 6. The maximum Gasteiger partial charge on any atom is 0.240 e. The van der Waals surface area contributed by atoms with Gasteiger partial charge in [-0.3, -0.25) is 4.79 Å². The van der Waals surface area contributed by atoms with Crippen molar-refractivity contribution in [3.05, 3.63) is 35.5 Å². The van der Waals surface area contributed by atoms with Gasteiger partial charge < -0.3 is 9.42 Å². The summed E-state index contributed by atoms with van der Waals surface area (Å²) >= 11 is 0. The molecule has 0 fully saturated rings. The summed E-state index contributed by atoms with van der Waals surface area (Å²) in [6, 6.07) is 4.82. The Morgan fingerprint density at radius 3 is 2.84 bits per heavy atom. The molecule has 1 aliphatic heterocycles. The van der Waals surface area contributed by atoms with Crippen LogP contribution in [-0.4, -0.2) is 30.5 Å². The highest BCUT2D eigenvalue weighted by Crippen LogP contribution is 2.33. The molecule has 1 aromatic carbocycles. The van der Waals surface area contributed by atoms with Crippen molar-refractivity contribution in [1.82, 2.24) is 14.9 Å². The van der Waals surface area contributed by atoms with Gasteiger partial charge in [0.1, 0.15) is 0 Å². The first-order valence-corrected chi connectivity index (χ1v) is 9.54. The van der Waals surface area contributed by atoms with Gasteiger partial charge in [0.2, 0.25) is 21.8 Å². The molecule has 1 amide bonds. The van der Waals surface area contributed by atoms with Crippen LogP contribution in [0.5, 0.6) is 0 Å². The third-order valence-electron chi connectivity index (χ3n) is 4.15. The van der Waals surface area contributed by atoms with Crippen LogP contribution in [0, 0.1) is 0 Å². The average molecular weight is 364 g/mol. The number of carbonyl (C=O) groups is 1. The van der Waals surface area contributed by atoms with E-state index in [1.165, 1.54) is 13.0 Å². The molecule has 25 heavy (non-hydrogen) atoms. The van der Waals surface area contributed by atoms with E-state index in [4.69, 9.17) is 4.52 Å². The van der Waals surface area contributed by atoms with E-state index in [2.05, 4.69) is 14.9 Å². The Bertz CT molecular complexity index is 907. The monoisotopic (exact) mass is 364 g/mol. The molecule has 0 radical (unpaired) electrons. The zero-order valence-electron chi connectivity index (χ0n) is 14.3. The highest BCUT2D eigenvalue weighted by atomic mass is 32.2. The number of benzene rings is 1. The molecule has 0 aliphatic carbocycles. The minimum Gasteiger partial charge on any atom is -0.339 e. The maximum absolute atomic E-state index is 12.5.